The van der Waals surface area contributed by atoms with Crippen LogP contribution in [0.1, 0.15) is 10.4 Å². The van der Waals surface area contributed by atoms with E-state index in [2.05, 4.69) is 15.1 Å². The van der Waals surface area contributed by atoms with E-state index < -0.39 is 0 Å². The van der Waals surface area contributed by atoms with E-state index in [1.165, 1.54) is 0 Å². The standard InChI is InChI=1S/C20H21ClN4O2/c21-16-4-6-17(7-5-16)27-13-12-24-8-10-25(11-9-24)20(26)18-3-1-2-15-14-22-23-19(15)18/h1-7,14H,8-13H2,(H,22,23). The van der Waals surface area contributed by atoms with Crippen LogP contribution in [0.3, 0.4) is 0 Å². The maximum atomic E-state index is 12.9. The smallest absolute Gasteiger partial charge is 0.256 e. The number of halogens is 1. The number of H-pyrrole nitrogens is 1. The van der Waals surface area contributed by atoms with E-state index in [0.717, 1.165) is 36.3 Å². The summed E-state index contributed by atoms with van der Waals surface area (Å²) < 4.78 is 5.75. The van der Waals surface area contributed by atoms with E-state index in [4.69, 9.17) is 16.3 Å². The number of hydrogen-bond acceptors (Lipinski definition) is 4. The molecule has 0 unspecified atom stereocenters. The van der Waals surface area contributed by atoms with Gasteiger partial charge in [-0.1, -0.05) is 23.7 Å². The van der Waals surface area contributed by atoms with Crippen molar-refractivity contribution in [2.75, 3.05) is 39.3 Å². The van der Waals surface area contributed by atoms with E-state index in [-0.39, 0.29) is 5.91 Å². The number of carbonyl (C=O) groups excluding carboxylic acids is 1. The van der Waals surface area contributed by atoms with Gasteiger partial charge in [0.1, 0.15) is 12.4 Å². The zero-order valence-corrected chi connectivity index (χ0v) is 15.7. The molecule has 1 aromatic heterocycles. The fraction of sp³-hybridized carbons (Fsp3) is 0.300. The number of nitrogens with one attached hydrogen (secondary N) is 1. The number of piperazine rings is 1. The fourth-order valence-electron chi connectivity index (χ4n) is 3.32. The van der Waals surface area contributed by atoms with Crippen LogP contribution in [0, 0.1) is 0 Å². The highest BCUT2D eigenvalue weighted by molar-refractivity contribution is 6.30. The lowest BCUT2D eigenvalue weighted by molar-refractivity contribution is 0.0622. The Morgan fingerprint density at radius 1 is 1.11 bits per heavy atom. The van der Waals surface area contributed by atoms with E-state index in [0.29, 0.717) is 30.3 Å². The minimum absolute atomic E-state index is 0.0573. The summed E-state index contributed by atoms with van der Waals surface area (Å²) in [7, 11) is 0. The summed E-state index contributed by atoms with van der Waals surface area (Å²) >= 11 is 5.88. The highest BCUT2D eigenvalue weighted by Gasteiger charge is 2.23. The second kappa shape index (κ2) is 7.98. The van der Waals surface area contributed by atoms with Gasteiger partial charge in [-0.2, -0.15) is 5.10 Å². The minimum Gasteiger partial charge on any atom is -0.492 e. The molecule has 0 bridgehead atoms. The number of rotatable bonds is 5. The molecule has 1 aliphatic rings. The van der Waals surface area contributed by atoms with E-state index in [9.17, 15) is 4.79 Å². The lowest BCUT2D eigenvalue weighted by Crippen LogP contribution is -2.49. The third-order valence-electron chi connectivity index (χ3n) is 4.86. The number of benzene rings is 2. The van der Waals surface area contributed by atoms with Gasteiger partial charge in [0.25, 0.3) is 5.91 Å². The summed E-state index contributed by atoms with van der Waals surface area (Å²) in [5.41, 5.74) is 1.49. The Hall–Kier alpha value is -2.57. The van der Waals surface area contributed by atoms with Crippen LogP contribution in [0.5, 0.6) is 5.75 Å². The van der Waals surface area contributed by atoms with Crippen molar-refractivity contribution in [2.24, 2.45) is 0 Å². The van der Waals surface area contributed by atoms with E-state index in [1.54, 1.807) is 6.20 Å². The molecular formula is C20H21ClN4O2. The van der Waals surface area contributed by atoms with Crippen LogP contribution in [-0.4, -0.2) is 65.2 Å². The van der Waals surface area contributed by atoms with Gasteiger partial charge in [0.2, 0.25) is 0 Å². The number of carbonyl (C=O) groups is 1. The first-order valence-corrected chi connectivity index (χ1v) is 9.40. The molecule has 1 aliphatic heterocycles. The van der Waals surface area contributed by atoms with Gasteiger partial charge in [-0.15, -0.1) is 0 Å². The van der Waals surface area contributed by atoms with Crippen molar-refractivity contribution >= 4 is 28.4 Å². The number of para-hydroxylation sites is 1. The molecule has 0 aliphatic carbocycles. The molecule has 1 amide bonds. The van der Waals surface area contributed by atoms with Crippen LogP contribution in [0.2, 0.25) is 5.02 Å². The quantitative estimate of drug-likeness (QED) is 0.734. The molecular weight excluding hydrogens is 364 g/mol. The second-order valence-corrected chi connectivity index (χ2v) is 7.01. The number of aromatic amines is 1. The largest absolute Gasteiger partial charge is 0.492 e. The molecule has 7 heteroatoms. The van der Waals surface area contributed by atoms with Gasteiger partial charge in [0.15, 0.2) is 0 Å². The van der Waals surface area contributed by atoms with E-state index in [1.807, 2.05) is 47.4 Å². The van der Waals surface area contributed by atoms with Crippen molar-refractivity contribution in [1.29, 1.82) is 0 Å². The van der Waals surface area contributed by atoms with Crippen molar-refractivity contribution in [3.63, 3.8) is 0 Å². The van der Waals surface area contributed by atoms with Crippen LogP contribution in [0.15, 0.2) is 48.7 Å². The van der Waals surface area contributed by atoms with Crippen molar-refractivity contribution in [3.05, 3.63) is 59.2 Å². The van der Waals surface area contributed by atoms with Gasteiger partial charge in [0, 0.05) is 43.1 Å². The average Bonchev–Trinajstić information content (AvgIpc) is 3.18. The molecule has 1 N–H and O–H groups in total. The Labute approximate surface area is 162 Å². The Bertz CT molecular complexity index is 917. The van der Waals surface area contributed by atoms with Crippen molar-refractivity contribution < 1.29 is 9.53 Å². The van der Waals surface area contributed by atoms with Gasteiger partial charge in [0.05, 0.1) is 17.3 Å². The molecule has 6 nitrogen and oxygen atoms in total. The van der Waals surface area contributed by atoms with Crippen molar-refractivity contribution in [3.8, 4) is 5.75 Å². The maximum Gasteiger partial charge on any atom is 0.256 e. The first kappa shape index (κ1) is 17.8. The zero-order chi connectivity index (χ0) is 18.6. The second-order valence-electron chi connectivity index (χ2n) is 6.58. The van der Waals surface area contributed by atoms with Crippen LogP contribution >= 0.6 is 11.6 Å². The molecule has 0 atom stereocenters. The molecule has 140 valence electrons. The summed E-state index contributed by atoms with van der Waals surface area (Å²) in [6, 6.07) is 13.1. The first-order valence-electron chi connectivity index (χ1n) is 9.03. The third-order valence-corrected chi connectivity index (χ3v) is 5.11. The van der Waals surface area contributed by atoms with Gasteiger partial charge >= 0.3 is 0 Å². The average molecular weight is 385 g/mol. The zero-order valence-electron chi connectivity index (χ0n) is 14.9. The Morgan fingerprint density at radius 2 is 1.89 bits per heavy atom. The molecule has 3 aromatic rings. The molecule has 2 aromatic carbocycles. The summed E-state index contributed by atoms with van der Waals surface area (Å²) in [5.74, 6) is 0.878. The predicted molar refractivity (Wildman–Crippen MR) is 105 cm³/mol. The topological polar surface area (TPSA) is 61.5 Å². The van der Waals surface area contributed by atoms with Gasteiger partial charge < -0.3 is 9.64 Å². The minimum atomic E-state index is 0.0573. The third kappa shape index (κ3) is 4.07. The summed E-state index contributed by atoms with van der Waals surface area (Å²) in [6.07, 6.45) is 1.74. The summed E-state index contributed by atoms with van der Waals surface area (Å²) in [4.78, 5) is 17.1. The Morgan fingerprint density at radius 3 is 2.67 bits per heavy atom. The molecule has 0 saturated carbocycles. The normalized spacial score (nSPS) is 15.2. The van der Waals surface area contributed by atoms with E-state index >= 15 is 0 Å². The number of ether oxygens (including phenoxy) is 1. The number of amides is 1. The Kier molecular flexibility index (Phi) is 5.27. The van der Waals surface area contributed by atoms with Gasteiger partial charge in [-0.25, -0.2) is 0 Å². The highest BCUT2D eigenvalue weighted by atomic mass is 35.5. The fourth-order valence-corrected chi connectivity index (χ4v) is 3.44. The van der Waals surface area contributed by atoms with Crippen LogP contribution in [0.4, 0.5) is 0 Å². The maximum absolute atomic E-state index is 12.9. The van der Waals surface area contributed by atoms with Gasteiger partial charge in [-0.05, 0) is 30.3 Å². The number of fused-ring (bicyclic) bond motifs is 1. The molecule has 4 rings (SSSR count). The SMILES string of the molecule is O=C(c1cccc2cn[nH]c12)N1CCN(CCOc2ccc(Cl)cc2)CC1. The van der Waals surface area contributed by atoms with Gasteiger partial charge in [-0.3, -0.25) is 14.8 Å². The van der Waals surface area contributed by atoms with Crippen LogP contribution < -0.4 is 4.74 Å². The molecule has 1 saturated heterocycles. The Balaban J connectivity index is 1.28. The number of aromatic nitrogens is 2. The molecule has 2 heterocycles. The van der Waals surface area contributed by atoms with Crippen molar-refractivity contribution in [1.82, 2.24) is 20.0 Å². The monoisotopic (exact) mass is 384 g/mol. The first-order chi connectivity index (χ1) is 13.2. The highest BCUT2D eigenvalue weighted by Crippen LogP contribution is 2.19. The van der Waals surface area contributed by atoms with Crippen molar-refractivity contribution in [2.45, 2.75) is 0 Å². The number of nitrogens with zero attached hydrogens (tertiary/aromatic N) is 3. The summed E-state index contributed by atoms with van der Waals surface area (Å²) in [5, 5.41) is 8.63. The van der Waals surface area contributed by atoms with Crippen LogP contribution in [0.25, 0.3) is 10.9 Å². The van der Waals surface area contributed by atoms with Crippen LogP contribution in [-0.2, 0) is 0 Å². The molecule has 27 heavy (non-hydrogen) atoms. The summed E-state index contributed by atoms with van der Waals surface area (Å²) in [6.45, 7) is 4.56. The molecule has 0 radical (unpaired) electrons. The molecule has 1 fully saturated rings. The predicted octanol–water partition coefficient (Wildman–Crippen LogP) is 3.05. The lowest BCUT2D eigenvalue weighted by atomic mass is 10.1. The number of hydrogen-bond donors (Lipinski definition) is 1. The molecule has 0 spiro atoms. The lowest BCUT2D eigenvalue weighted by Gasteiger charge is -2.34.